The van der Waals surface area contributed by atoms with Gasteiger partial charge in [-0.1, -0.05) is 53.6 Å². The third kappa shape index (κ3) is 8.04. The van der Waals surface area contributed by atoms with Crippen molar-refractivity contribution in [2.75, 3.05) is 5.75 Å². The van der Waals surface area contributed by atoms with E-state index in [2.05, 4.69) is 5.32 Å². The average Bonchev–Trinajstić information content (AvgIpc) is 2.67. The van der Waals surface area contributed by atoms with Gasteiger partial charge in [0, 0.05) is 22.9 Å². The quantitative estimate of drug-likeness (QED) is 0.605. The largest absolute Gasteiger partial charge is 0.350 e. The maximum atomic E-state index is 13.1. The Hall–Kier alpha value is -1.98. The van der Waals surface area contributed by atoms with Crippen molar-refractivity contribution in [2.24, 2.45) is 0 Å². The molecule has 0 bridgehead atoms. The Labute approximate surface area is 189 Å². The van der Waals surface area contributed by atoms with E-state index in [-0.39, 0.29) is 17.4 Å². The fraction of sp³-hybridized carbons (Fsp3) is 0.417. The second-order valence-electron chi connectivity index (χ2n) is 8.54. The van der Waals surface area contributed by atoms with Crippen LogP contribution in [-0.2, 0) is 21.9 Å². The van der Waals surface area contributed by atoms with Crippen LogP contribution in [0.2, 0.25) is 5.02 Å². The van der Waals surface area contributed by atoms with Crippen LogP contribution in [0.25, 0.3) is 0 Å². The van der Waals surface area contributed by atoms with Crippen LogP contribution >= 0.6 is 23.4 Å². The fourth-order valence-corrected chi connectivity index (χ4v) is 3.86. The van der Waals surface area contributed by atoms with E-state index < -0.39 is 6.04 Å². The van der Waals surface area contributed by atoms with Crippen LogP contribution in [0.15, 0.2) is 48.5 Å². The van der Waals surface area contributed by atoms with Gasteiger partial charge in [-0.25, -0.2) is 0 Å². The third-order valence-electron chi connectivity index (χ3n) is 4.55. The molecule has 1 N–H and O–H groups in total. The lowest BCUT2D eigenvalue weighted by molar-refractivity contribution is -0.139. The van der Waals surface area contributed by atoms with Crippen LogP contribution in [0.1, 0.15) is 44.4 Å². The van der Waals surface area contributed by atoms with E-state index in [4.69, 9.17) is 11.6 Å². The number of nitrogens with one attached hydrogen (secondary N) is 1. The molecule has 4 nitrogen and oxygen atoms in total. The van der Waals surface area contributed by atoms with Crippen LogP contribution in [0.4, 0.5) is 0 Å². The molecule has 0 aromatic heterocycles. The van der Waals surface area contributed by atoms with Crippen molar-refractivity contribution in [2.45, 2.75) is 58.5 Å². The molecule has 0 aliphatic carbocycles. The average molecular weight is 447 g/mol. The molecular weight excluding hydrogens is 416 g/mol. The predicted octanol–water partition coefficient (Wildman–Crippen LogP) is 5.21. The number of thioether (sulfide) groups is 1. The van der Waals surface area contributed by atoms with E-state index in [0.717, 1.165) is 16.7 Å². The molecule has 30 heavy (non-hydrogen) atoms. The van der Waals surface area contributed by atoms with Crippen molar-refractivity contribution in [1.29, 1.82) is 0 Å². The number of amides is 2. The minimum Gasteiger partial charge on any atom is -0.350 e. The van der Waals surface area contributed by atoms with Crippen LogP contribution in [0, 0.1) is 6.92 Å². The molecule has 0 saturated heterocycles. The molecule has 0 saturated carbocycles. The van der Waals surface area contributed by atoms with Crippen molar-refractivity contribution in [1.82, 2.24) is 10.2 Å². The summed E-state index contributed by atoms with van der Waals surface area (Å²) in [7, 11) is 0. The van der Waals surface area contributed by atoms with Gasteiger partial charge in [-0.3, -0.25) is 9.59 Å². The number of nitrogens with zero attached hydrogens (tertiary/aromatic N) is 1. The van der Waals surface area contributed by atoms with Gasteiger partial charge < -0.3 is 10.2 Å². The molecule has 0 aliphatic heterocycles. The first-order valence-corrected chi connectivity index (χ1v) is 11.6. The van der Waals surface area contributed by atoms with Gasteiger partial charge in [-0.15, -0.1) is 11.8 Å². The normalized spacial score (nSPS) is 12.3. The third-order valence-corrected chi connectivity index (χ3v) is 5.79. The molecule has 2 rings (SSSR count). The zero-order valence-corrected chi connectivity index (χ0v) is 19.9. The molecular formula is C24H31ClN2O2S. The molecule has 0 heterocycles. The summed E-state index contributed by atoms with van der Waals surface area (Å²) in [6.07, 6.45) is 0. The van der Waals surface area contributed by atoms with Gasteiger partial charge in [0.05, 0.1) is 5.75 Å². The molecule has 0 fully saturated rings. The number of aryl methyl sites for hydroxylation is 1. The first-order valence-electron chi connectivity index (χ1n) is 10.0. The Bertz CT molecular complexity index is 845. The van der Waals surface area contributed by atoms with Gasteiger partial charge in [0.2, 0.25) is 11.8 Å². The first-order chi connectivity index (χ1) is 14.0. The molecule has 2 aromatic carbocycles. The zero-order valence-electron chi connectivity index (χ0n) is 18.4. The van der Waals surface area contributed by atoms with E-state index >= 15 is 0 Å². The number of benzene rings is 2. The Morgan fingerprint density at radius 3 is 2.17 bits per heavy atom. The lowest BCUT2D eigenvalue weighted by Gasteiger charge is -2.31. The van der Waals surface area contributed by atoms with Gasteiger partial charge >= 0.3 is 0 Å². The van der Waals surface area contributed by atoms with Gasteiger partial charge in [0.1, 0.15) is 6.04 Å². The number of halogens is 1. The highest BCUT2D eigenvalue weighted by molar-refractivity contribution is 7.99. The van der Waals surface area contributed by atoms with Gasteiger partial charge in [-0.2, -0.15) is 0 Å². The van der Waals surface area contributed by atoms with Crippen LogP contribution in [0.3, 0.4) is 0 Å². The monoisotopic (exact) mass is 446 g/mol. The summed E-state index contributed by atoms with van der Waals surface area (Å²) in [5, 5.41) is 3.68. The minimum absolute atomic E-state index is 0.0499. The number of rotatable bonds is 8. The highest BCUT2D eigenvalue weighted by Crippen LogP contribution is 2.18. The SMILES string of the molecule is Cc1ccc(CN(C(=O)CSCc2ccc(Cl)cc2)[C@H](C)C(=O)NC(C)(C)C)cc1. The molecule has 2 aromatic rings. The second kappa shape index (κ2) is 10.9. The number of hydrogen-bond acceptors (Lipinski definition) is 3. The maximum Gasteiger partial charge on any atom is 0.242 e. The molecule has 2 amide bonds. The fourth-order valence-electron chi connectivity index (χ4n) is 2.87. The summed E-state index contributed by atoms with van der Waals surface area (Å²) < 4.78 is 0. The molecule has 0 unspecified atom stereocenters. The van der Waals surface area contributed by atoms with Crippen LogP contribution in [0.5, 0.6) is 0 Å². The molecule has 1 atom stereocenters. The van der Waals surface area contributed by atoms with E-state index in [1.165, 1.54) is 11.8 Å². The number of carbonyl (C=O) groups is 2. The Kier molecular flexibility index (Phi) is 8.80. The summed E-state index contributed by atoms with van der Waals surface area (Å²) >= 11 is 7.47. The summed E-state index contributed by atoms with van der Waals surface area (Å²) in [4.78, 5) is 27.5. The summed E-state index contributed by atoms with van der Waals surface area (Å²) in [6.45, 7) is 10.0. The summed E-state index contributed by atoms with van der Waals surface area (Å²) in [5.74, 6) is 0.822. The summed E-state index contributed by atoms with van der Waals surface area (Å²) in [5.41, 5.74) is 2.93. The molecule has 6 heteroatoms. The Morgan fingerprint density at radius 2 is 1.60 bits per heavy atom. The van der Waals surface area contributed by atoms with Gasteiger partial charge in [0.25, 0.3) is 0 Å². The van der Waals surface area contributed by atoms with E-state index in [9.17, 15) is 9.59 Å². The second-order valence-corrected chi connectivity index (χ2v) is 9.96. The molecule has 162 valence electrons. The van der Waals surface area contributed by atoms with Crippen LogP contribution in [-0.4, -0.2) is 34.0 Å². The van der Waals surface area contributed by atoms with Crippen molar-refractivity contribution in [3.8, 4) is 0 Å². The van der Waals surface area contributed by atoms with Crippen molar-refractivity contribution in [3.63, 3.8) is 0 Å². The molecule has 0 aliphatic rings. The molecule has 0 spiro atoms. The van der Waals surface area contributed by atoms with Gasteiger partial charge in [0.15, 0.2) is 0 Å². The highest BCUT2D eigenvalue weighted by Gasteiger charge is 2.28. The first kappa shape index (κ1) is 24.3. The minimum atomic E-state index is -0.561. The number of carbonyl (C=O) groups excluding carboxylic acids is 2. The topological polar surface area (TPSA) is 49.4 Å². The van der Waals surface area contributed by atoms with Crippen molar-refractivity contribution >= 4 is 35.2 Å². The summed E-state index contributed by atoms with van der Waals surface area (Å²) in [6, 6.07) is 15.1. The van der Waals surface area contributed by atoms with Crippen molar-refractivity contribution in [3.05, 3.63) is 70.2 Å². The standard InChI is InChI=1S/C24H31ClN2O2S/c1-17-6-8-19(9-7-17)14-27(18(2)23(29)26-24(3,4)5)22(28)16-30-15-20-10-12-21(25)13-11-20/h6-13,18H,14-16H2,1-5H3,(H,26,29)/t18-/m1/s1. The highest BCUT2D eigenvalue weighted by atomic mass is 35.5. The number of hydrogen-bond donors (Lipinski definition) is 1. The Morgan fingerprint density at radius 1 is 1.03 bits per heavy atom. The predicted molar refractivity (Wildman–Crippen MR) is 127 cm³/mol. The zero-order chi connectivity index (χ0) is 22.3. The Balaban J connectivity index is 2.08. The van der Waals surface area contributed by atoms with Crippen molar-refractivity contribution < 1.29 is 9.59 Å². The smallest absolute Gasteiger partial charge is 0.242 e. The lowest BCUT2D eigenvalue weighted by Crippen LogP contribution is -2.52. The van der Waals surface area contributed by atoms with E-state index in [1.54, 1.807) is 11.8 Å². The van der Waals surface area contributed by atoms with Crippen LogP contribution < -0.4 is 5.32 Å². The van der Waals surface area contributed by atoms with Gasteiger partial charge in [-0.05, 0) is 57.9 Å². The maximum absolute atomic E-state index is 13.1. The molecule has 0 radical (unpaired) electrons. The van der Waals surface area contributed by atoms with E-state index in [1.807, 2.05) is 76.2 Å². The lowest BCUT2D eigenvalue weighted by atomic mass is 10.1. The van der Waals surface area contributed by atoms with E-state index in [0.29, 0.717) is 23.1 Å².